The molecule has 0 unspecified atom stereocenters. The fourth-order valence-corrected chi connectivity index (χ4v) is 5.59. The zero-order valence-electron chi connectivity index (χ0n) is 20.6. The highest BCUT2D eigenvalue weighted by molar-refractivity contribution is 5.75. The Kier molecular flexibility index (Phi) is 6.57. The van der Waals surface area contributed by atoms with Crippen molar-refractivity contribution in [1.29, 1.82) is 0 Å². The molecule has 1 spiro atoms. The standard InChI is InChI=1S/C28H30F2N4O2/c1-3-28(33-19(2)35,22-5-6-24(29)25(30)14-22)26-7-4-20(15-32-26)17-34-12-9-27(10-13-34)23-16-31-11-8-21(23)18-36-27/h4-8,11,14-16H,3,9-10,12-13,17-18H2,1-2H3,(H,33,35)/t28-/m0/s1. The molecule has 1 saturated heterocycles. The van der Waals surface area contributed by atoms with Crippen molar-refractivity contribution in [3.63, 3.8) is 0 Å². The van der Waals surface area contributed by atoms with Crippen LogP contribution in [0.1, 0.15) is 61.1 Å². The first kappa shape index (κ1) is 24.5. The van der Waals surface area contributed by atoms with E-state index in [1.54, 1.807) is 6.20 Å². The molecule has 36 heavy (non-hydrogen) atoms. The number of nitrogens with zero attached hydrogens (tertiary/aromatic N) is 3. The van der Waals surface area contributed by atoms with Crippen molar-refractivity contribution in [1.82, 2.24) is 20.2 Å². The molecule has 0 bridgehead atoms. The zero-order chi connectivity index (χ0) is 25.3. The molecule has 4 heterocycles. The van der Waals surface area contributed by atoms with Crippen LogP contribution in [0.3, 0.4) is 0 Å². The minimum atomic E-state index is -1.06. The first-order valence-corrected chi connectivity index (χ1v) is 12.3. The number of aromatic nitrogens is 2. The van der Waals surface area contributed by atoms with Gasteiger partial charge in [0.15, 0.2) is 11.6 Å². The van der Waals surface area contributed by atoms with Crippen LogP contribution in [0.5, 0.6) is 0 Å². The van der Waals surface area contributed by atoms with Gasteiger partial charge in [-0.3, -0.25) is 19.7 Å². The van der Waals surface area contributed by atoms with Crippen LogP contribution in [0.15, 0.2) is 55.0 Å². The summed E-state index contributed by atoms with van der Waals surface area (Å²) in [4.78, 5) is 23.5. The third-order valence-corrected chi connectivity index (χ3v) is 7.57. The van der Waals surface area contributed by atoms with Crippen molar-refractivity contribution < 1.29 is 18.3 Å². The Balaban J connectivity index is 1.32. The molecule has 2 aromatic heterocycles. The summed E-state index contributed by atoms with van der Waals surface area (Å²) in [5, 5.41) is 2.94. The van der Waals surface area contributed by atoms with Gasteiger partial charge < -0.3 is 10.1 Å². The third-order valence-electron chi connectivity index (χ3n) is 7.57. The van der Waals surface area contributed by atoms with Crippen LogP contribution in [0.25, 0.3) is 0 Å². The highest BCUT2D eigenvalue weighted by Gasteiger charge is 2.42. The summed E-state index contributed by atoms with van der Waals surface area (Å²) in [6.45, 7) is 6.48. The van der Waals surface area contributed by atoms with Gasteiger partial charge >= 0.3 is 0 Å². The van der Waals surface area contributed by atoms with Crippen molar-refractivity contribution in [3.8, 4) is 0 Å². The molecule has 0 saturated carbocycles. The molecule has 188 valence electrons. The van der Waals surface area contributed by atoms with E-state index in [0.29, 0.717) is 24.3 Å². The lowest BCUT2D eigenvalue weighted by atomic mass is 9.83. The lowest BCUT2D eigenvalue weighted by Crippen LogP contribution is -2.46. The monoisotopic (exact) mass is 492 g/mol. The predicted octanol–water partition coefficient (Wildman–Crippen LogP) is 4.57. The number of pyridine rings is 2. The average molecular weight is 493 g/mol. The van der Waals surface area contributed by atoms with Gasteiger partial charge in [0.2, 0.25) is 5.91 Å². The molecule has 1 amide bonds. The van der Waals surface area contributed by atoms with Crippen LogP contribution in [0.4, 0.5) is 8.78 Å². The Labute approximate surface area is 209 Å². The lowest BCUT2D eigenvalue weighted by molar-refractivity contribution is -0.120. The molecule has 2 aliphatic heterocycles. The molecule has 8 heteroatoms. The summed E-state index contributed by atoms with van der Waals surface area (Å²) in [6.07, 6.45) is 7.82. The van der Waals surface area contributed by atoms with E-state index >= 15 is 0 Å². The number of amides is 1. The molecule has 1 fully saturated rings. The smallest absolute Gasteiger partial charge is 0.217 e. The van der Waals surface area contributed by atoms with Gasteiger partial charge in [0.05, 0.1) is 17.9 Å². The summed E-state index contributed by atoms with van der Waals surface area (Å²) in [6, 6.07) is 9.61. The van der Waals surface area contributed by atoms with Crippen LogP contribution in [-0.4, -0.2) is 33.9 Å². The van der Waals surface area contributed by atoms with E-state index in [1.165, 1.54) is 24.1 Å². The number of halogens is 2. The second kappa shape index (κ2) is 9.67. The molecule has 0 aliphatic carbocycles. The van der Waals surface area contributed by atoms with E-state index in [2.05, 4.69) is 20.2 Å². The maximum atomic E-state index is 14.1. The normalized spacial score (nSPS) is 18.6. The maximum Gasteiger partial charge on any atom is 0.217 e. The van der Waals surface area contributed by atoms with Crippen molar-refractivity contribution in [2.45, 2.75) is 57.4 Å². The second-order valence-electron chi connectivity index (χ2n) is 9.71. The molecular weight excluding hydrogens is 462 g/mol. The number of fused-ring (bicyclic) bond motifs is 2. The molecule has 5 rings (SSSR count). The SMILES string of the molecule is CC[C@](NC(C)=O)(c1ccc(F)c(F)c1)c1ccc(CN2CCC3(CC2)OCc2ccncc23)cn1. The molecule has 6 nitrogen and oxygen atoms in total. The topological polar surface area (TPSA) is 67.4 Å². The van der Waals surface area contributed by atoms with Gasteiger partial charge in [-0.25, -0.2) is 8.78 Å². The number of nitrogens with one attached hydrogen (secondary N) is 1. The van der Waals surface area contributed by atoms with Gasteiger partial charge in [-0.15, -0.1) is 0 Å². The van der Waals surface area contributed by atoms with E-state index in [4.69, 9.17) is 4.74 Å². The van der Waals surface area contributed by atoms with E-state index in [9.17, 15) is 13.6 Å². The number of carbonyl (C=O) groups is 1. The minimum absolute atomic E-state index is 0.230. The number of likely N-dealkylation sites (tertiary alicyclic amines) is 1. The Bertz CT molecular complexity index is 1260. The number of hydrogen-bond acceptors (Lipinski definition) is 5. The molecule has 1 aromatic carbocycles. The fraction of sp³-hybridized carbons (Fsp3) is 0.393. The van der Waals surface area contributed by atoms with E-state index in [-0.39, 0.29) is 11.5 Å². The summed E-state index contributed by atoms with van der Waals surface area (Å²) >= 11 is 0. The van der Waals surface area contributed by atoms with Gasteiger partial charge in [0.1, 0.15) is 5.54 Å². The fourth-order valence-electron chi connectivity index (χ4n) is 5.59. The molecule has 1 N–H and O–H groups in total. The highest BCUT2D eigenvalue weighted by Crippen LogP contribution is 2.43. The van der Waals surface area contributed by atoms with E-state index < -0.39 is 17.2 Å². The van der Waals surface area contributed by atoms with E-state index in [1.807, 2.05) is 37.5 Å². The van der Waals surface area contributed by atoms with Gasteiger partial charge in [0, 0.05) is 50.7 Å². The van der Waals surface area contributed by atoms with Crippen molar-refractivity contribution in [2.75, 3.05) is 13.1 Å². The zero-order valence-corrected chi connectivity index (χ0v) is 20.6. The highest BCUT2D eigenvalue weighted by atomic mass is 19.2. The van der Waals surface area contributed by atoms with Crippen LogP contribution >= 0.6 is 0 Å². The Morgan fingerprint density at radius 2 is 1.94 bits per heavy atom. The first-order valence-electron chi connectivity index (χ1n) is 12.3. The van der Waals surface area contributed by atoms with Crippen LogP contribution in [0, 0.1) is 11.6 Å². The number of carbonyl (C=O) groups excluding carboxylic acids is 1. The number of rotatable bonds is 6. The van der Waals surface area contributed by atoms with Crippen LogP contribution in [-0.2, 0) is 33.8 Å². The Hall–Kier alpha value is -3.23. The Morgan fingerprint density at radius 3 is 2.61 bits per heavy atom. The van der Waals surface area contributed by atoms with Crippen LogP contribution in [0.2, 0.25) is 0 Å². The summed E-state index contributed by atoms with van der Waals surface area (Å²) in [5.74, 6) is -2.17. The number of benzene rings is 1. The first-order chi connectivity index (χ1) is 17.3. The van der Waals surface area contributed by atoms with Gasteiger partial charge in [0.25, 0.3) is 0 Å². The summed E-state index contributed by atoms with van der Waals surface area (Å²) in [7, 11) is 0. The number of ether oxygens (including phenoxy) is 1. The molecule has 0 radical (unpaired) electrons. The average Bonchev–Trinajstić information content (AvgIpc) is 3.24. The molecule has 1 atom stereocenters. The van der Waals surface area contributed by atoms with Gasteiger partial charge in [-0.05, 0) is 60.2 Å². The van der Waals surface area contributed by atoms with Crippen molar-refractivity contribution >= 4 is 5.91 Å². The van der Waals surface area contributed by atoms with E-state index in [0.717, 1.165) is 50.2 Å². The predicted molar refractivity (Wildman–Crippen MR) is 131 cm³/mol. The largest absolute Gasteiger partial charge is 0.365 e. The second-order valence-corrected chi connectivity index (χ2v) is 9.71. The lowest BCUT2D eigenvalue weighted by Gasteiger charge is -2.39. The molecular formula is C28H30F2N4O2. The number of piperidine rings is 1. The van der Waals surface area contributed by atoms with Crippen molar-refractivity contribution in [3.05, 3.63) is 94.6 Å². The van der Waals surface area contributed by atoms with Crippen molar-refractivity contribution in [2.24, 2.45) is 0 Å². The minimum Gasteiger partial charge on any atom is -0.365 e. The molecule has 2 aliphatic rings. The van der Waals surface area contributed by atoms with Crippen LogP contribution < -0.4 is 5.32 Å². The molecule has 3 aromatic rings. The third kappa shape index (κ3) is 4.40. The quantitative estimate of drug-likeness (QED) is 0.546. The summed E-state index contributed by atoms with van der Waals surface area (Å²) < 4.78 is 33.9. The van der Waals surface area contributed by atoms with Gasteiger partial charge in [-0.1, -0.05) is 19.1 Å². The van der Waals surface area contributed by atoms with Gasteiger partial charge in [-0.2, -0.15) is 0 Å². The summed E-state index contributed by atoms with van der Waals surface area (Å²) in [5.41, 5.74) is 3.24. The maximum absolute atomic E-state index is 14.1. The Morgan fingerprint density at radius 1 is 1.14 bits per heavy atom. The number of hydrogen-bond donors (Lipinski definition) is 1.